The van der Waals surface area contributed by atoms with E-state index in [1.807, 2.05) is 20.8 Å². The minimum absolute atomic E-state index is 0. The van der Waals surface area contributed by atoms with Gasteiger partial charge in [-0.3, -0.25) is 4.79 Å². The summed E-state index contributed by atoms with van der Waals surface area (Å²) < 4.78 is 4.81. The lowest BCUT2D eigenvalue weighted by atomic mass is 10.2. The van der Waals surface area contributed by atoms with Crippen LogP contribution >= 0.6 is 17.0 Å². The third-order valence-electron chi connectivity index (χ3n) is 0.920. The molecule has 0 aromatic carbocycles. The van der Waals surface area contributed by atoms with Gasteiger partial charge in [0.2, 0.25) is 0 Å². The molecular weight excluding hydrogens is 196 g/mol. The highest BCUT2D eigenvalue weighted by molar-refractivity contribution is 8.93. The van der Waals surface area contributed by atoms with Crippen molar-refractivity contribution in [3.8, 4) is 0 Å². The van der Waals surface area contributed by atoms with Gasteiger partial charge in [-0.1, -0.05) is 20.8 Å². The summed E-state index contributed by atoms with van der Waals surface area (Å²) in [5.41, 5.74) is 0. The first-order valence-corrected chi connectivity index (χ1v) is 3.35. The van der Waals surface area contributed by atoms with Gasteiger partial charge >= 0.3 is 5.97 Å². The number of hydrogen-bond donors (Lipinski definition) is 0. The van der Waals surface area contributed by atoms with Gasteiger partial charge in [-0.05, 0) is 6.42 Å². The van der Waals surface area contributed by atoms with Crippen molar-refractivity contribution in [2.24, 2.45) is 5.92 Å². The maximum Gasteiger partial charge on any atom is 0.308 e. The van der Waals surface area contributed by atoms with Crippen LogP contribution in [-0.4, -0.2) is 12.6 Å². The number of carbonyl (C=O) groups excluding carboxylic acids is 1. The zero-order valence-corrected chi connectivity index (χ0v) is 8.43. The molecule has 0 radical (unpaired) electrons. The monoisotopic (exact) mass is 210 g/mol. The molecule has 2 nitrogen and oxygen atoms in total. The van der Waals surface area contributed by atoms with Gasteiger partial charge in [0.15, 0.2) is 0 Å². The second-order valence-electron chi connectivity index (χ2n) is 2.32. The van der Waals surface area contributed by atoms with Crippen molar-refractivity contribution in [3.05, 3.63) is 0 Å². The minimum atomic E-state index is -0.100. The van der Waals surface area contributed by atoms with E-state index in [4.69, 9.17) is 4.74 Å². The highest BCUT2D eigenvalue weighted by Crippen LogP contribution is 1.95. The van der Waals surface area contributed by atoms with E-state index in [-0.39, 0.29) is 28.9 Å². The van der Waals surface area contributed by atoms with Crippen LogP contribution in [0.25, 0.3) is 0 Å². The molecule has 0 saturated heterocycles. The molecule has 0 N–H and O–H groups in total. The molecule has 0 amide bonds. The molecular formula is C7H15BrO2. The largest absolute Gasteiger partial charge is 0.465 e. The fraction of sp³-hybridized carbons (Fsp3) is 0.857. The first kappa shape index (κ1) is 12.6. The molecule has 0 aliphatic heterocycles. The van der Waals surface area contributed by atoms with Gasteiger partial charge in [-0.25, -0.2) is 0 Å². The zero-order chi connectivity index (χ0) is 7.28. The maximum absolute atomic E-state index is 10.7. The second-order valence-corrected chi connectivity index (χ2v) is 2.32. The highest BCUT2D eigenvalue weighted by atomic mass is 79.9. The smallest absolute Gasteiger partial charge is 0.308 e. The molecule has 0 aliphatic rings. The third-order valence-corrected chi connectivity index (χ3v) is 0.920. The third kappa shape index (κ3) is 6.08. The first-order chi connectivity index (χ1) is 4.18. The van der Waals surface area contributed by atoms with Crippen LogP contribution in [-0.2, 0) is 9.53 Å². The fourth-order valence-corrected chi connectivity index (χ4v) is 0.369. The Morgan fingerprint density at radius 2 is 2.00 bits per heavy atom. The van der Waals surface area contributed by atoms with Crippen molar-refractivity contribution in [1.29, 1.82) is 0 Å². The summed E-state index contributed by atoms with van der Waals surface area (Å²) in [5.74, 6) is -0.0894. The predicted molar refractivity (Wildman–Crippen MR) is 46.4 cm³/mol. The molecule has 10 heavy (non-hydrogen) atoms. The number of ether oxygens (including phenoxy) is 1. The normalized spacial score (nSPS) is 8.80. The number of carbonyl (C=O) groups is 1. The Labute approximate surface area is 72.7 Å². The summed E-state index contributed by atoms with van der Waals surface area (Å²) in [5, 5.41) is 0. The average molecular weight is 211 g/mol. The van der Waals surface area contributed by atoms with E-state index in [1.165, 1.54) is 0 Å². The second kappa shape index (κ2) is 7.06. The summed E-state index contributed by atoms with van der Waals surface area (Å²) in [6.07, 6.45) is 0.901. The van der Waals surface area contributed by atoms with Gasteiger partial charge in [-0.15, -0.1) is 17.0 Å². The summed E-state index contributed by atoms with van der Waals surface area (Å²) in [4.78, 5) is 10.7. The number of rotatable bonds is 3. The van der Waals surface area contributed by atoms with Crippen LogP contribution in [0.4, 0.5) is 0 Å². The molecule has 0 spiro atoms. The number of hydrogen-bond acceptors (Lipinski definition) is 2. The maximum atomic E-state index is 10.7. The molecule has 0 bridgehead atoms. The van der Waals surface area contributed by atoms with Gasteiger partial charge in [0.1, 0.15) is 0 Å². The van der Waals surface area contributed by atoms with E-state index in [1.54, 1.807) is 0 Å². The van der Waals surface area contributed by atoms with Gasteiger partial charge in [0, 0.05) is 0 Å². The summed E-state index contributed by atoms with van der Waals surface area (Å²) in [6, 6.07) is 0. The van der Waals surface area contributed by atoms with E-state index in [9.17, 15) is 4.79 Å². The van der Waals surface area contributed by atoms with E-state index >= 15 is 0 Å². The molecule has 62 valence electrons. The first-order valence-electron chi connectivity index (χ1n) is 3.35. The lowest BCUT2D eigenvalue weighted by Gasteiger charge is -2.03. The van der Waals surface area contributed by atoms with Crippen LogP contribution in [0.3, 0.4) is 0 Å². The molecule has 0 atom stereocenters. The van der Waals surface area contributed by atoms with E-state index in [2.05, 4.69) is 0 Å². The Morgan fingerprint density at radius 1 is 1.50 bits per heavy atom. The summed E-state index contributed by atoms with van der Waals surface area (Å²) in [7, 11) is 0. The van der Waals surface area contributed by atoms with E-state index < -0.39 is 0 Å². The molecule has 0 unspecified atom stereocenters. The van der Waals surface area contributed by atoms with Gasteiger partial charge in [0.25, 0.3) is 0 Å². The van der Waals surface area contributed by atoms with Crippen LogP contribution in [0.5, 0.6) is 0 Å². The lowest BCUT2D eigenvalue weighted by Crippen LogP contribution is -2.11. The number of halogens is 1. The minimum Gasteiger partial charge on any atom is -0.465 e. The van der Waals surface area contributed by atoms with Crippen LogP contribution in [0.2, 0.25) is 0 Å². The van der Waals surface area contributed by atoms with Crippen molar-refractivity contribution >= 4 is 23.0 Å². The van der Waals surface area contributed by atoms with Crippen LogP contribution in [0.15, 0.2) is 0 Å². The average Bonchev–Trinajstić information content (AvgIpc) is 1.82. The SMILES string of the molecule is Br.CCCOC(=O)C(C)C. The van der Waals surface area contributed by atoms with Crippen molar-refractivity contribution in [3.63, 3.8) is 0 Å². The molecule has 0 aliphatic carbocycles. The van der Waals surface area contributed by atoms with Crippen molar-refractivity contribution in [1.82, 2.24) is 0 Å². The standard InChI is InChI=1S/C7H14O2.BrH/c1-4-5-9-7(8)6(2)3;/h6H,4-5H2,1-3H3;1H. The molecule has 3 heteroatoms. The topological polar surface area (TPSA) is 26.3 Å². The van der Waals surface area contributed by atoms with Crippen LogP contribution < -0.4 is 0 Å². The Morgan fingerprint density at radius 3 is 2.30 bits per heavy atom. The molecule has 0 rings (SSSR count). The summed E-state index contributed by atoms with van der Waals surface area (Å²) >= 11 is 0. The highest BCUT2D eigenvalue weighted by Gasteiger charge is 2.05. The molecule has 0 aromatic rings. The van der Waals surface area contributed by atoms with Crippen molar-refractivity contribution < 1.29 is 9.53 Å². The van der Waals surface area contributed by atoms with E-state index in [0.717, 1.165) is 6.42 Å². The van der Waals surface area contributed by atoms with Gasteiger partial charge in [-0.2, -0.15) is 0 Å². The lowest BCUT2D eigenvalue weighted by molar-refractivity contribution is -0.147. The van der Waals surface area contributed by atoms with Crippen LogP contribution in [0, 0.1) is 5.92 Å². The quantitative estimate of drug-likeness (QED) is 0.668. The zero-order valence-electron chi connectivity index (χ0n) is 6.72. The fourth-order valence-electron chi connectivity index (χ4n) is 0.369. The Kier molecular flexibility index (Phi) is 8.91. The van der Waals surface area contributed by atoms with E-state index in [0.29, 0.717) is 6.61 Å². The molecule has 0 heterocycles. The molecule has 0 saturated carbocycles. The van der Waals surface area contributed by atoms with Crippen molar-refractivity contribution in [2.75, 3.05) is 6.61 Å². The Balaban J connectivity index is 0. The summed E-state index contributed by atoms with van der Waals surface area (Å²) in [6.45, 7) is 6.20. The molecule has 0 aromatic heterocycles. The van der Waals surface area contributed by atoms with Gasteiger partial charge < -0.3 is 4.74 Å². The predicted octanol–water partition coefficient (Wildman–Crippen LogP) is 2.17. The molecule has 0 fully saturated rings. The number of esters is 1. The van der Waals surface area contributed by atoms with Gasteiger partial charge in [0.05, 0.1) is 12.5 Å². The van der Waals surface area contributed by atoms with Crippen LogP contribution in [0.1, 0.15) is 27.2 Å². The Bertz CT molecular complexity index is 91.6. The Hall–Kier alpha value is -0.0500. The van der Waals surface area contributed by atoms with Crippen molar-refractivity contribution in [2.45, 2.75) is 27.2 Å².